The second-order valence-electron chi connectivity index (χ2n) is 7.48. The molecule has 11 heteroatoms. The van der Waals surface area contributed by atoms with E-state index in [1.807, 2.05) is 19.1 Å². The van der Waals surface area contributed by atoms with Crippen LogP contribution < -0.4 is 5.73 Å². The molecule has 33 heavy (non-hydrogen) atoms. The van der Waals surface area contributed by atoms with Gasteiger partial charge in [-0.25, -0.2) is 9.50 Å². The molecule has 0 aliphatic heterocycles. The predicted molar refractivity (Wildman–Crippen MR) is 115 cm³/mol. The van der Waals surface area contributed by atoms with Crippen LogP contribution in [0.25, 0.3) is 28.2 Å². The third kappa shape index (κ3) is 4.00. The van der Waals surface area contributed by atoms with Crippen molar-refractivity contribution in [3.8, 4) is 22.5 Å². The zero-order chi connectivity index (χ0) is 23.2. The second-order valence-corrected chi connectivity index (χ2v) is 7.48. The van der Waals surface area contributed by atoms with Gasteiger partial charge in [-0.15, -0.1) is 5.10 Å². The molecule has 5 rings (SSSR count). The fourth-order valence-electron chi connectivity index (χ4n) is 3.49. The van der Waals surface area contributed by atoms with Crippen LogP contribution in [-0.4, -0.2) is 34.3 Å². The first-order valence-corrected chi connectivity index (χ1v) is 9.94. The van der Waals surface area contributed by atoms with Gasteiger partial charge in [0.2, 0.25) is 5.95 Å². The molecule has 0 radical (unpaired) electrons. The molecule has 166 valence electrons. The minimum Gasteiger partial charge on any atom is -0.366 e. The third-order valence-corrected chi connectivity index (χ3v) is 5.30. The largest absolute Gasteiger partial charge is 0.416 e. The summed E-state index contributed by atoms with van der Waals surface area (Å²) in [6.45, 7) is 1.86. The highest BCUT2D eigenvalue weighted by atomic mass is 19.4. The summed E-state index contributed by atoms with van der Waals surface area (Å²) < 4.78 is 41.7. The first-order valence-electron chi connectivity index (χ1n) is 9.94. The summed E-state index contributed by atoms with van der Waals surface area (Å²) in [7, 11) is 0. The molecule has 0 saturated carbocycles. The van der Waals surface area contributed by atoms with Gasteiger partial charge in [0, 0.05) is 23.5 Å². The molecule has 0 aliphatic rings. The molecule has 5 aromatic rings. The number of nitrogen functional groups attached to an aromatic ring is 1. The highest BCUT2D eigenvalue weighted by Crippen LogP contribution is 2.31. The monoisotopic (exact) mass is 450 g/mol. The van der Waals surface area contributed by atoms with Crippen LogP contribution in [0.5, 0.6) is 0 Å². The summed E-state index contributed by atoms with van der Waals surface area (Å²) in [5.74, 6) is 0.182. The normalized spacial score (nSPS) is 12.8. The molecule has 0 amide bonds. The van der Waals surface area contributed by atoms with Gasteiger partial charge < -0.3 is 5.73 Å². The van der Waals surface area contributed by atoms with E-state index in [4.69, 9.17) is 5.73 Å². The highest BCUT2D eigenvalue weighted by Gasteiger charge is 2.30. The highest BCUT2D eigenvalue weighted by molar-refractivity contribution is 5.66. The Labute approximate surface area is 185 Å². The Balaban J connectivity index is 1.41. The van der Waals surface area contributed by atoms with Crippen LogP contribution in [0.2, 0.25) is 0 Å². The summed E-state index contributed by atoms with van der Waals surface area (Å²) in [5.41, 5.74) is 9.04. The van der Waals surface area contributed by atoms with Crippen LogP contribution in [-0.2, 0) is 6.18 Å². The van der Waals surface area contributed by atoms with E-state index >= 15 is 0 Å². The van der Waals surface area contributed by atoms with Crippen LogP contribution in [0.15, 0.2) is 67.4 Å². The molecule has 1 aromatic carbocycles. The average Bonchev–Trinajstić information content (AvgIpc) is 3.44. The second kappa shape index (κ2) is 7.69. The number of anilines is 1. The van der Waals surface area contributed by atoms with Gasteiger partial charge in [-0.1, -0.05) is 12.1 Å². The molecular weight excluding hydrogens is 433 g/mol. The molecule has 0 aliphatic carbocycles. The number of pyridine rings is 1. The van der Waals surface area contributed by atoms with E-state index in [-0.39, 0.29) is 12.0 Å². The van der Waals surface area contributed by atoms with E-state index in [1.54, 1.807) is 40.2 Å². The molecule has 0 fully saturated rings. The van der Waals surface area contributed by atoms with Gasteiger partial charge in [0.25, 0.3) is 0 Å². The summed E-state index contributed by atoms with van der Waals surface area (Å²) >= 11 is 0. The van der Waals surface area contributed by atoms with Crippen molar-refractivity contribution in [1.29, 1.82) is 0 Å². The molecule has 2 N–H and O–H groups in total. The molecule has 1 atom stereocenters. The van der Waals surface area contributed by atoms with Crippen molar-refractivity contribution < 1.29 is 13.2 Å². The van der Waals surface area contributed by atoms with E-state index in [0.29, 0.717) is 22.6 Å². The minimum atomic E-state index is -4.37. The number of alkyl halides is 3. The Kier molecular flexibility index (Phi) is 4.81. The maximum atomic E-state index is 12.8. The van der Waals surface area contributed by atoms with Crippen LogP contribution in [0.3, 0.4) is 0 Å². The summed E-state index contributed by atoms with van der Waals surface area (Å²) in [6.07, 6.45) is 4.09. The van der Waals surface area contributed by atoms with Crippen molar-refractivity contribution in [3.63, 3.8) is 0 Å². The van der Waals surface area contributed by atoms with E-state index < -0.39 is 11.7 Å². The van der Waals surface area contributed by atoms with Gasteiger partial charge in [-0.3, -0.25) is 9.67 Å². The maximum Gasteiger partial charge on any atom is 0.416 e. The Hall–Kier alpha value is -4.28. The van der Waals surface area contributed by atoms with Crippen molar-refractivity contribution in [1.82, 2.24) is 34.3 Å². The molecule has 4 aromatic heterocycles. The van der Waals surface area contributed by atoms with E-state index in [2.05, 4.69) is 25.1 Å². The minimum absolute atomic E-state index is 0.182. The van der Waals surface area contributed by atoms with E-state index in [9.17, 15) is 13.2 Å². The number of hydrogen-bond acceptors (Lipinski definition) is 6. The van der Waals surface area contributed by atoms with Gasteiger partial charge in [0.1, 0.15) is 0 Å². The van der Waals surface area contributed by atoms with Crippen LogP contribution in [0.1, 0.15) is 24.1 Å². The zero-order valence-electron chi connectivity index (χ0n) is 17.3. The van der Waals surface area contributed by atoms with E-state index in [1.165, 1.54) is 12.1 Å². The smallest absolute Gasteiger partial charge is 0.366 e. The van der Waals surface area contributed by atoms with Crippen molar-refractivity contribution in [2.75, 3.05) is 5.73 Å². The fourth-order valence-corrected chi connectivity index (χ4v) is 3.49. The number of fused-ring (bicyclic) bond motifs is 1. The number of nitrogens with two attached hydrogens (primary N) is 1. The predicted octanol–water partition coefficient (Wildman–Crippen LogP) is 4.26. The Morgan fingerprint density at radius 1 is 0.939 bits per heavy atom. The van der Waals surface area contributed by atoms with Crippen LogP contribution >= 0.6 is 0 Å². The SMILES string of the molecule is CC(c1ccc(C(F)(F)F)cc1)n1cc(-c2cncc(-c3ccn4nc(N)nc4c3)n2)cn1. The van der Waals surface area contributed by atoms with E-state index in [0.717, 1.165) is 23.3 Å². The number of nitrogens with zero attached hydrogens (tertiary/aromatic N) is 7. The molecule has 1 unspecified atom stereocenters. The lowest BCUT2D eigenvalue weighted by molar-refractivity contribution is -0.137. The molecule has 0 saturated heterocycles. The van der Waals surface area contributed by atoms with Crippen molar-refractivity contribution >= 4 is 11.6 Å². The Bertz CT molecular complexity index is 1440. The number of halogens is 3. The molecule has 4 heterocycles. The van der Waals surface area contributed by atoms with Gasteiger partial charge in [-0.2, -0.15) is 23.3 Å². The topological polar surface area (TPSA) is 99.8 Å². The van der Waals surface area contributed by atoms with Crippen molar-refractivity contribution in [3.05, 3.63) is 78.5 Å². The summed E-state index contributed by atoms with van der Waals surface area (Å²) in [4.78, 5) is 13.1. The first kappa shape index (κ1) is 20.6. The van der Waals surface area contributed by atoms with Gasteiger partial charge in [-0.05, 0) is 36.8 Å². The van der Waals surface area contributed by atoms with Gasteiger partial charge in [0.15, 0.2) is 5.65 Å². The summed E-state index contributed by atoms with van der Waals surface area (Å²) in [6, 6.07) is 8.46. The third-order valence-electron chi connectivity index (χ3n) is 5.30. The number of benzene rings is 1. The number of rotatable bonds is 4. The van der Waals surface area contributed by atoms with Crippen LogP contribution in [0.4, 0.5) is 19.1 Å². The number of aromatic nitrogens is 7. The number of hydrogen-bond donors (Lipinski definition) is 1. The Morgan fingerprint density at radius 3 is 2.39 bits per heavy atom. The van der Waals surface area contributed by atoms with Crippen molar-refractivity contribution in [2.24, 2.45) is 0 Å². The van der Waals surface area contributed by atoms with Gasteiger partial charge in [0.05, 0.1) is 41.6 Å². The summed E-state index contributed by atoms with van der Waals surface area (Å²) in [5, 5.41) is 8.43. The van der Waals surface area contributed by atoms with Crippen molar-refractivity contribution in [2.45, 2.75) is 19.1 Å². The maximum absolute atomic E-state index is 12.8. The zero-order valence-corrected chi connectivity index (χ0v) is 17.3. The first-order chi connectivity index (χ1) is 15.8. The molecule has 0 bridgehead atoms. The fraction of sp³-hybridized carbons (Fsp3) is 0.136. The lowest BCUT2D eigenvalue weighted by Crippen LogP contribution is -2.09. The lowest BCUT2D eigenvalue weighted by Gasteiger charge is -2.14. The average molecular weight is 450 g/mol. The van der Waals surface area contributed by atoms with Gasteiger partial charge >= 0.3 is 6.18 Å². The molecule has 0 spiro atoms. The Morgan fingerprint density at radius 2 is 1.67 bits per heavy atom. The quantitative estimate of drug-likeness (QED) is 0.439. The van der Waals surface area contributed by atoms with Crippen LogP contribution in [0, 0.1) is 0 Å². The molecular formula is C22H17F3N8. The standard InChI is InChI=1S/C22H17F3N8/c1-13(14-2-4-17(5-3-14)22(23,24)25)33-12-16(9-28-33)19-11-27-10-18(29-19)15-6-7-32-20(8-15)30-21(26)31-32/h2-13H,1H3,(H2,26,31). The molecule has 8 nitrogen and oxygen atoms in total. The lowest BCUT2D eigenvalue weighted by atomic mass is 10.1.